The van der Waals surface area contributed by atoms with E-state index in [9.17, 15) is 9.90 Å². The molecule has 1 aromatic heterocycles. The molecule has 0 radical (unpaired) electrons. The van der Waals surface area contributed by atoms with Gasteiger partial charge in [-0.2, -0.15) is 5.10 Å². The standard InChI is InChI=1S/C18H24N4O2/c1-21-12-4-3-5-13(21)9-11(8-12)19-18(24)17-15-7-6-14(23)10-16(15)22(2)20-17/h6-7,10-13,23H,3-5,8-9H2,1-2H3,(H,19,24)/t11?,12-,13+. The summed E-state index contributed by atoms with van der Waals surface area (Å²) in [6.45, 7) is 0. The third kappa shape index (κ3) is 2.55. The molecule has 2 aromatic rings. The maximum absolute atomic E-state index is 12.8. The van der Waals surface area contributed by atoms with Crippen LogP contribution in [0.25, 0.3) is 10.9 Å². The summed E-state index contributed by atoms with van der Waals surface area (Å²) >= 11 is 0. The van der Waals surface area contributed by atoms with Crippen LogP contribution in [-0.4, -0.2) is 50.9 Å². The number of fused-ring (bicyclic) bond motifs is 3. The van der Waals surface area contributed by atoms with E-state index in [1.807, 2.05) is 0 Å². The van der Waals surface area contributed by atoms with Gasteiger partial charge in [-0.1, -0.05) is 6.42 Å². The number of benzene rings is 1. The normalized spacial score (nSPS) is 27.3. The largest absolute Gasteiger partial charge is 0.508 e. The number of amides is 1. The highest BCUT2D eigenvalue weighted by Gasteiger charge is 2.36. The van der Waals surface area contributed by atoms with Crippen molar-refractivity contribution in [3.63, 3.8) is 0 Å². The van der Waals surface area contributed by atoms with Crippen LogP contribution in [0.1, 0.15) is 42.6 Å². The molecule has 0 saturated carbocycles. The molecule has 1 amide bonds. The zero-order valence-electron chi connectivity index (χ0n) is 14.2. The smallest absolute Gasteiger partial charge is 0.272 e. The molecule has 128 valence electrons. The van der Waals surface area contributed by atoms with Crippen molar-refractivity contribution < 1.29 is 9.90 Å². The van der Waals surface area contributed by atoms with Gasteiger partial charge in [0.25, 0.3) is 5.91 Å². The van der Waals surface area contributed by atoms with Gasteiger partial charge in [0, 0.05) is 36.6 Å². The predicted octanol–water partition coefficient (Wildman–Crippen LogP) is 2.02. The molecule has 2 saturated heterocycles. The van der Waals surface area contributed by atoms with E-state index in [0.29, 0.717) is 17.8 Å². The van der Waals surface area contributed by atoms with Crippen molar-refractivity contribution in [3.05, 3.63) is 23.9 Å². The third-order valence-corrected chi connectivity index (χ3v) is 5.73. The van der Waals surface area contributed by atoms with E-state index < -0.39 is 0 Å². The second-order valence-electron chi connectivity index (χ2n) is 7.22. The SMILES string of the molecule is CN1[C@@H]2CCC[C@H]1CC(NC(=O)c1nn(C)c3cc(O)ccc13)C2. The Morgan fingerprint density at radius 3 is 2.67 bits per heavy atom. The second-order valence-corrected chi connectivity index (χ2v) is 7.22. The molecule has 4 rings (SSSR count). The Morgan fingerprint density at radius 2 is 1.96 bits per heavy atom. The number of carbonyl (C=O) groups excluding carboxylic acids is 1. The minimum atomic E-state index is -0.112. The fourth-order valence-electron chi connectivity index (χ4n) is 4.40. The van der Waals surface area contributed by atoms with Crippen LogP contribution in [0.5, 0.6) is 5.75 Å². The average Bonchev–Trinajstić information content (AvgIpc) is 2.85. The van der Waals surface area contributed by atoms with Gasteiger partial charge in [-0.15, -0.1) is 0 Å². The molecule has 2 fully saturated rings. The van der Waals surface area contributed by atoms with Gasteiger partial charge in [-0.05, 0) is 44.9 Å². The zero-order chi connectivity index (χ0) is 16.8. The highest BCUT2D eigenvalue weighted by molar-refractivity contribution is 6.05. The van der Waals surface area contributed by atoms with Gasteiger partial charge in [0.1, 0.15) is 5.75 Å². The van der Waals surface area contributed by atoms with Gasteiger partial charge in [-0.25, -0.2) is 0 Å². The van der Waals surface area contributed by atoms with E-state index >= 15 is 0 Å². The Kier molecular flexibility index (Phi) is 3.72. The summed E-state index contributed by atoms with van der Waals surface area (Å²) in [5.74, 6) is 0.0690. The fraction of sp³-hybridized carbons (Fsp3) is 0.556. The lowest BCUT2D eigenvalue weighted by atomic mass is 9.82. The first-order valence-electron chi connectivity index (χ1n) is 8.71. The molecule has 2 N–H and O–H groups in total. The maximum Gasteiger partial charge on any atom is 0.272 e. The van der Waals surface area contributed by atoms with Crippen molar-refractivity contribution in [2.24, 2.45) is 7.05 Å². The number of hydrogen-bond donors (Lipinski definition) is 2. The van der Waals surface area contributed by atoms with Crippen molar-refractivity contribution in [2.75, 3.05) is 7.05 Å². The molecular weight excluding hydrogens is 304 g/mol. The number of nitrogens with zero attached hydrogens (tertiary/aromatic N) is 3. The molecule has 2 aliphatic heterocycles. The van der Waals surface area contributed by atoms with E-state index in [-0.39, 0.29) is 17.7 Å². The molecule has 2 bridgehead atoms. The highest BCUT2D eigenvalue weighted by atomic mass is 16.3. The molecule has 0 aliphatic carbocycles. The van der Waals surface area contributed by atoms with Crippen LogP contribution in [-0.2, 0) is 7.05 Å². The van der Waals surface area contributed by atoms with Gasteiger partial charge < -0.3 is 15.3 Å². The molecular formula is C18H24N4O2. The monoisotopic (exact) mass is 328 g/mol. The molecule has 2 aliphatic rings. The number of phenolic OH excluding ortho intramolecular Hbond substituents is 1. The summed E-state index contributed by atoms with van der Waals surface area (Å²) in [5.41, 5.74) is 1.21. The van der Waals surface area contributed by atoms with Crippen molar-refractivity contribution in [3.8, 4) is 5.75 Å². The van der Waals surface area contributed by atoms with Gasteiger partial charge >= 0.3 is 0 Å². The van der Waals surface area contributed by atoms with Crippen LogP contribution in [0.4, 0.5) is 0 Å². The Balaban J connectivity index is 1.55. The number of piperidine rings is 2. The van der Waals surface area contributed by atoms with Crippen LogP contribution in [0.3, 0.4) is 0 Å². The summed E-state index contributed by atoms with van der Waals surface area (Å²) in [5, 5.41) is 18.0. The number of carbonyl (C=O) groups is 1. The fourth-order valence-corrected chi connectivity index (χ4v) is 4.40. The molecule has 24 heavy (non-hydrogen) atoms. The molecule has 6 nitrogen and oxygen atoms in total. The summed E-state index contributed by atoms with van der Waals surface area (Å²) in [6.07, 6.45) is 5.79. The van der Waals surface area contributed by atoms with Crippen molar-refractivity contribution in [1.29, 1.82) is 0 Å². The first-order chi connectivity index (χ1) is 11.5. The van der Waals surface area contributed by atoms with Crippen LogP contribution < -0.4 is 5.32 Å². The van der Waals surface area contributed by atoms with E-state index in [1.165, 1.54) is 19.3 Å². The molecule has 0 spiro atoms. The van der Waals surface area contributed by atoms with Gasteiger partial charge in [-0.3, -0.25) is 9.48 Å². The summed E-state index contributed by atoms with van der Waals surface area (Å²) in [7, 11) is 4.00. The summed E-state index contributed by atoms with van der Waals surface area (Å²) in [6, 6.07) is 6.38. The third-order valence-electron chi connectivity index (χ3n) is 5.73. The lowest BCUT2D eigenvalue weighted by molar-refractivity contribution is 0.0462. The topological polar surface area (TPSA) is 70.4 Å². The number of hydrogen-bond acceptors (Lipinski definition) is 4. The Bertz CT molecular complexity index is 771. The van der Waals surface area contributed by atoms with E-state index in [0.717, 1.165) is 23.7 Å². The number of rotatable bonds is 2. The lowest BCUT2D eigenvalue weighted by Gasteiger charge is -2.47. The summed E-state index contributed by atoms with van der Waals surface area (Å²) in [4.78, 5) is 15.3. The number of aromatic nitrogens is 2. The molecule has 3 atom stereocenters. The minimum absolute atomic E-state index is 0.112. The Labute approximate surface area is 141 Å². The van der Waals surface area contributed by atoms with Gasteiger partial charge in [0.2, 0.25) is 0 Å². The summed E-state index contributed by atoms with van der Waals surface area (Å²) < 4.78 is 1.65. The number of aromatic hydroxyl groups is 1. The molecule has 6 heteroatoms. The lowest BCUT2D eigenvalue weighted by Crippen LogP contribution is -2.55. The van der Waals surface area contributed by atoms with Gasteiger partial charge in [0.15, 0.2) is 5.69 Å². The Morgan fingerprint density at radius 1 is 1.25 bits per heavy atom. The average molecular weight is 328 g/mol. The minimum Gasteiger partial charge on any atom is -0.508 e. The molecule has 3 heterocycles. The van der Waals surface area contributed by atoms with Gasteiger partial charge in [0.05, 0.1) is 5.52 Å². The maximum atomic E-state index is 12.8. The predicted molar refractivity (Wildman–Crippen MR) is 92.1 cm³/mol. The van der Waals surface area contributed by atoms with Crippen molar-refractivity contribution in [2.45, 2.75) is 50.2 Å². The molecule has 1 unspecified atom stereocenters. The van der Waals surface area contributed by atoms with E-state index in [1.54, 1.807) is 29.9 Å². The van der Waals surface area contributed by atoms with Crippen molar-refractivity contribution in [1.82, 2.24) is 20.0 Å². The number of phenols is 1. The highest BCUT2D eigenvalue weighted by Crippen LogP contribution is 2.33. The van der Waals surface area contributed by atoms with Crippen LogP contribution in [0.2, 0.25) is 0 Å². The van der Waals surface area contributed by atoms with Crippen LogP contribution in [0, 0.1) is 0 Å². The second kappa shape index (κ2) is 5.77. The number of aryl methyl sites for hydroxylation is 1. The number of nitrogens with one attached hydrogen (secondary N) is 1. The van der Waals surface area contributed by atoms with Crippen LogP contribution >= 0.6 is 0 Å². The van der Waals surface area contributed by atoms with Crippen molar-refractivity contribution >= 4 is 16.8 Å². The zero-order valence-corrected chi connectivity index (χ0v) is 14.2. The van der Waals surface area contributed by atoms with Crippen LogP contribution in [0.15, 0.2) is 18.2 Å². The Hall–Kier alpha value is -2.08. The first kappa shape index (κ1) is 15.4. The quantitative estimate of drug-likeness (QED) is 0.885. The van der Waals surface area contributed by atoms with E-state index in [2.05, 4.69) is 22.4 Å². The van der Waals surface area contributed by atoms with E-state index in [4.69, 9.17) is 0 Å². The molecule has 1 aromatic carbocycles. The first-order valence-corrected chi connectivity index (χ1v) is 8.71.